The second-order valence-electron chi connectivity index (χ2n) is 11.6. The first-order valence-electron chi connectivity index (χ1n) is 14.7. The predicted octanol–water partition coefficient (Wildman–Crippen LogP) is 3.11. The molecule has 0 aliphatic carbocycles. The van der Waals surface area contributed by atoms with E-state index >= 15 is 0 Å². The molecule has 0 radical (unpaired) electrons. The number of esters is 1. The maximum absolute atomic E-state index is 12.8. The molecule has 0 saturated carbocycles. The van der Waals surface area contributed by atoms with Crippen molar-refractivity contribution in [1.29, 1.82) is 0 Å². The summed E-state index contributed by atoms with van der Waals surface area (Å²) in [6.07, 6.45) is 4.27. The number of unbranched alkanes of at least 4 members (excludes halogenated alkanes) is 2. The van der Waals surface area contributed by atoms with Gasteiger partial charge in [0.05, 0.1) is 17.7 Å². The molecular weight excluding hydrogens is 602 g/mol. The van der Waals surface area contributed by atoms with E-state index in [1.165, 1.54) is 24.3 Å². The predicted molar refractivity (Wildman–Crippen MR) is 164 cm³/mol. The summed E-state index contributed by atoms with van der Waals surface area (Å²) >= 11 is 0. The summed E-state index contributed by atoms with van der Waals surface area (Å²) in [5.74, 6) is -4.61. The van der Waals surface area contributed by atoms with Crippen LogP contribution in [0.1, 0.15) is 64.0 Å². The first kappa shape index (κ1) is 35.4. The van der Waals surface area contributed by atoms with Crippen molar-refractivity contribution in [3.8, 4) is 28.7 Å². The van der Waals surface area contributed by atoms with Gasteiger partial charge in [-0.3, -0.25) is 28.9 Å². The molecule has 0 saturated heterocycles. The highest BCUT2D eigenvalue weighted by atomic mass is 16.5. The number of phenols is 3. The van der Waals surface area contributed by atoms with Gasteiger partial charge in [0.2, 0.25) is 23.3 Å². The quantitative estimate of drug-likeness (QED) is 0.0720. The monoisotopic (exact) mass is 641 g/mol. The lowest BCUT2D eigenvalue weighted by molar-refractivity contribution is -0.154. The van der Waals surface area contributed by atoms with E-state index in [0.29, 0.717) is 24.8 Å². The third-order valence-corrected chi connectivity index (χ3v) is 6.84. The van der Waals surface area contributed by atoms with Crippen LogP contribution in [0.4, 0.5) is 5.69 Å². The molecule has 46 heavy (non-hydrogen) atoms. The number of hydrogen-bond acceptors (Lipinski definition) is 11. The van der Waals surface area contributed by atoms with E-state index in [-0.39, 0.29) is 73.0 Å². The first-order chi connectivity index (χ1) is 21.7. The molecule has 4 amide bonds. The van der Waals surface area contributed by atoms with Crippen molar-refractivity contribution in [3.05, 3.63) is 47.5 Å². The second-order valence-corrected chi connectivity index (χ2v) is 11.6. The van der Waals surface area contributed by atoms with Crippen LogP contribution in [-0.2, 0) is 41.9 Å². The minimum atomic E-state index is -0.900. The Labute approximate surface area is 265 Å². The number of phenolic OH excluding ortho intramolecular Hbond substituents is 2. The number of nitrogens with zero attached hydrogens (tertiary/aromatic N) is 1. The highest BCUT2D eigenvalue weighted by Gasteiger charge is 2.24. The summed E-state index contributed by atoms with van der Waals surface area (Å²) in [6.45, 7) is 4.65. The van der Waals surface area contributed by atoms with Gasteiger partial charge < -0.3 is 40.5 Å². The summed E-state index contributed by atoms with van der Waals surface area (Å²) in [7, 11) is 0. The van der Waals surface area contributed by atoms with Crippen molar-refractivity contribution >= 4 is 35.3 Å². The minimum absolute atomic E-state index is 0.0145. The molecule has 2 aromatic carbocycles. The number of rotatable bonds is 15. The van der Waals surface area contributed by atoms with E-state index in [2.05, 4.69) is 10.6 Å². The lowest BCUT2D eigenvalue weighted by atomic mass is 9.97. The molecule has 0 aromatic heterocycles. The number of hydrogen-bond donors (Lipinski definition) is 6. The Morgan fingerprint density at radius 3 is 2.20 bits per heavy atom. The third kappa shape index (κ3) is 9.69. The van der Waals surface area contributed by atoms with Gasteiger partial charge in [-0.1, -0.05) is 12.5 Å². The number of aliphatic hydroxyl groups excluding tert-OH is 1. The average molecular weight is 642 g/mol. The minimum Gasteiger partial charge on any atom is -0.504 e. The van der Waals surface area contributed by atoms with Crippen molar-refractivity contribution in [3.63, 3.8) is 0 Å². The lowest BCUT2D eigenvalue weighted by Crippen LogP contribution is -2.31. The van der Waals surface area contributed by atoms with Crippen LogP contribution in [-0.4, -0.2) is 68.0 Å². The second kappa shape index (κ2) is 15.8. The third-order valence-electron chi connectivity index (χ3n) is 6.84. The Balaban J connectivity index is 1.59. The summed E-state index contributed by atoms with van der Waals surface area (Å²) in [6, 6.07) is 5.60. The Morgan fingerprint density at radius 1 is 0.848 bits per heavy atom. The van der Waals surface area contributed by atoms with Crippen LogP contribution in [0.2, 0.25) is 0 Å². The number of nitrogens with one attached hydrogen (secondary N) is 2. The molecule has 0 bridgehead atoms. The van der Waals surface area contributed by atoms with Crippen molar-refractivity contribution in [2.45, 2.75) is 66.1 Å². The smallest absolute Gasteiger partial charge is 0.311 e. The van der Waals surface area contributed by atoms with Crippen molar-refractivity contribution in [2.75, 3.05) is 18.4 Å². The molecule has 0 fully saturated rings. The molecule has 6 N–H and O–H groups in total. The van der Waals surface area contributed by atoms with Crippen LogP contribution in [0.3, 0.4) is 0 Å². The zero-order valence-corrected chi connectivity index (χ0v) is 25.9. The van der Waals surface area contributed by atoms with E-state index < -0.39 is 41.1 Å². The Bertz CT molecular complexity index is 1490. The molecule has 0 atom stereocenters. The van der Waals surface area contributed by atoms with E-state index in [1.54, 1.807) is 26.8 Å². The Kier molecular flexibility index (Phi) is 12.1. The molecule has 2 aromatic rings. The van der Waals surface area contributed by atoms with Crippen LogP contribution in [0.25, 0.3) is 0 Å². The number of amides is 4. The van der Waals surface area contributed by atoms with Crippen LogP contribution >= 0.6 is 0 Å². The van der Waals surface area contributed by atoms with Crippen LogP contribution in [0.15, 0.2) is 36.4 Å². The molecule has 1 aliphatic rings. The van der Waals surface area contributed by atoms with Crippen LogP contribution in [0.5, 0.6) is 28.7 Å². The van der Waals surface area contributed by atoms with Crippen molar-refractivity contribution < 1.29 is 53.9 Å². The van der Waals surface area contributed by atoms with Gasteiger partial charge in [-0.2, -0.15) is 0 Å². The van der Waals surface area contributed by atoms with E-state index in [9.17, 15) is 44.4 Å². The molecule has 1 heterocycles. The molecule has 14 heteroatoms. The lowest BCUT2D eigenvalue weighted by Gasteiger charge is -2.18. The number of carbonyl (C=O) groups is 5. The van der Waals surface area contributed by atoms with E-state index in [4.69, 9.17) is 9.47 Å². The fourth-order valence-electron chi connectivity index (χ4n) is 4.21. The fourth-order valence-corrected chi connectivity index (χ4v) is 4.21. The molecular formula is C32H39N3O11. The average Bonchev–Trinajstić information content (AvgIpc) is 3.32. The van der Waals surface area contributed by atoms with E-state index in [1.807, 2.05) is 0 Å². The highest BCUT2D eigenvalue weighted by molar-refractivity contribution is 6.12. The zero-order valence-electron chi connectivity index (χ0n) is 25.9. The normalized spacial score (nSPS) is 12.7. The van der Waals surface area contributed by atoms with E-state index in [0.717, 1.165) is 11.0 Å². The van der Waals surface area contributed by atoms with Gasteiger partial charge in [-0.05, 0) is 57.4 Å². The standard InChI is InChI=1S/C32H39N3O11/c1-32(2,3)31(44)45-18-19-8-9-22(46-23-16-20(17-36)28(41)30(43)29(23)42)21(15-19)34-25(38)12-13-33-24(37)7-5-4-6-14-35-26(39)10-11-27(35)40/h8-11,15-16,36,41-43H,4-7,12-14,17-18H2,1-3H3,(H,33,37)(H,34,38). The number of anilines is 1. The van der Waals surface area contributed by atoms with Crippen molar-refractivity contribution in [1.82, 2.24) is 10.2 Å². The van der Waals surface area contributed by atoms with Gasteiger partial charge in [-0.25, -0.2) is 0 Å². The van der Waals surface area contributed by atoms with Crippen LogP contribution in [0, 0.1) is 5.41 Å². The van der Waals surface area contributed by atoms with Crippen molar-refractivity contribution in [2.24, 2.45) is 5.41 Å². The molecule has 3 rings (SSSR count). The Hall–Kier alpha value is -5.11. The summed E-state index contributed by atoms with van der Waals surface area (Å²) in [5, 5.41) is 45.1. The summed E-state index contributed by atoms with van der Waals surface area (Å²) in [4.78, 5) is 61.6. The number of benzene rings is 2. The molecule has 0 unspecified atom stereocenters. The number of aromatic hydroxyl groups is 3. The van der Waals surface area contributed by atoms with Crippen LogP contribution < -0.4 is 15.4 Å². The number of imide groups is 1. The Morgan fingerprint density at radius 2 is 1.54 bits per heavy atom. The number of aliphatic hydroxyl groups is 1. The molecule has 248 valence electrons. The van der Waals surface area contributed by atoms with Gasteiger partial charge in [0, 0.05) is 43.6 Å². The molecule has 1 aliphatic heterocycles. The zero-order chi connectivity index (χ0) is 34.0. The largest absolute Gasteiger partial charge is 0.504 e. The number of carbonyl (C=O) groups excluding carboxylic acids is 5. The fraction of sp³-hybridized carbons (Fsp3) is 0.406. The maximum atomic E-state index is 12.8. The maximum Gasteiger partial charge on any atom is 0.311 e. The van der Waals surface area contributed by atoms with Gasteiger partial charge >= 0.3 is 5.97 Å². The molecule has 14 nitrogen and oxygen atoms in total. The first-order valence-corrected chi connectivity index (χ1v) is 14.7. The van der Waals surface area contributed by atoms with Gasteiger partial charge in [0.1, 0.15) is 6.61 Å². The van der Waals surface area contributed by atoms with Gasteiger partial charge in [0.25, 0.3) is 11.8 Å². The molecule has 0 spiro atoms. The number of ether oxygens (including phenoxy) is 2. The van der Waals surface area contributed by atoms with Gasteiger partial charge in [-0.15, -0.1) is 0 Å². The van der Waals surface area contributed by atoms with Gasteiger partial charge in [0.15, 0.2) is 17.2 Å². The SMILES string of the molecule is CC(C)(C)C(=O)OCc1ccc(Oc2cc(CO)c(O)c(O)c2O)c(NC(=O)CCNC(=O)CCCCCN2C(=O)C=CC2=O)c1. The summed E-state index contributed by atoms with van der Waals surface area (Å²) in [5.41, 5.74) is -0.244. The summed E-state index contributed by atoms with van der Waals surface area (Å²) < 4.78 is 11.1. The highest BCUT2D eigenvalue weighted by Crippen LogP contribution is 2.46. The topological polar surface area (TPSA) is 212 Å².